The molecule has 4 nitrogen and oxygen atoms in total. The third-order valence-electron chi connectivity index (χ3n) is 2.27. The number of benzene rings is 1. The highest BCUT2D eigenvalue weighted by molar-refractivity contribution is 7.99. The quantitative estimate of drug-likeness (QED) is 0.786. The van der Waals surface area contributed by atoms with Crippen LogP contribution >= 0.6 is 11.8 Å². The maximum Gasteiger partial charge on any atom is 0.257 e. The molecule has 2 aromatic rings. The lowest BCUT2D eigenvalue weighted by atomic mass is 10.3. The van der Waals surface area contributed by atoms with Crippen molar-refractivity contribution in [3.8, 4) is 0 Å². The van der Waals surface area contributed by atoms with Gasteiger partial charge in [0.15, 0.2) is 5.58 Å². The molecule has 0 amide bonds. The first-order valence-corrected chi connectivity index (χ1v) is 5.60. The van der Waals surface area contributed by atoms with E-state index in [9.17, 15) is 0 Å². The zero-order valence-corrected chi connectivity index (χ0v) is 8.79. The second-order valence-corrected chi connectivity index (χ2v) is 4.74. The minimum Gasteiger partial charge on any atom is -0.431 e. The third kappa shape index (κ3) is 1.68. The predicted octanol–water partition coefficient (Wildman–Crippen LogP) is 1.90. The Kier molecular flexibility index (Phi) is 2.07. The van der Waals surface area contributed by atoms with Crippen LogP contribution in [0.1, 0.15) is 0 Å². The van der Waals surface area contributed by atoms with Crippen LogP contribution in [0, 0.1) is 0 Å². The Bertz CT molecular complexity index is 493. The summed E-state index contributed by atoms with van der Waals surface area (Å²) in [6.07, 6.45) is 0. The molecule has 0 aliphatic carbocycles. The van der Waals surface area contributed by atoms with Crippen LogP contribution in [0.4, 0.5) is 5.69 Å². The van der Waals surface area contributed by atoms with E-state index in [2.05, 4.69) is 4.98 Å². The van der Waals surface area contributed by atoms with E-state index >= 15 is 0 Å². The van der Waals surface area contributed by atoms with Gasteiger partial charge in [-0.2, -0.15) is 0 Å². The molecule has 1 fully saturated rings. The van der Waals surface area contributed by atoms with Crippen molar-refractivity contribution >= 4 is 28.5 Å². The number of oxazole rings is 1. The number of ether oxygens (including phenoxy) is 1. The SMILES string of the molecule is Nc1ccc2nc(SC3COC3)oc2c1. The van der Waals surface area contributed by atoms with E-state index in [1.807, 2.05) is 12.1 Å². The first-order valence-electron chi connectivity index (χ1n) is 4.72. The summed E-state index contributed by atoms with van der Waals surface area (Å²) in [5.74, 6) is 0. The Morgan fingerprint density at radius 1 is 1.40 bits per heavy atom. The molecular weight excluding hydrogens is 212 g/mol. The fourth-order valence-electron chi connectivity index (χ4n) is 1.40. The lowest BCUT2D eigenvalue weighted by molar-refractivity contribution is 0.0451. The van der Waals surface area contributed by atoms with Gasteiger partial charge in [0.1, 0.15) is 5.52 Å². The highest BCUT2D eigenvalue weighted by atomic mass is 32.2. The van der Waals surface area contributed by atoms with Crippen LogP contribution < -0.4 is 5.73 Å². The minimum atomic E-state index is 0.482. The summed E-state index contributed by atoms with van der Waals surface area (Å²) < 4.78 is 10.7. The first kappa shape index (κ1) is 9.06. The Morgan fingerprint density at radius 2 is 2.27 bits per heavy atom. The summed E-state index contributed by atoms with van der Waals surface area (Å²) in [7, 11) is 0. The number of fused-ring (bicyclic) bond motifs is 1. The zero-order valence-electron chi connectivity index (χ0n) is 7.97. The van der Waals surface area contributed by atoms with Crippen LogP contribution in [0.5, 0.6) is 0 Å². The van der Waals surface area contributed by atoms with Gasteiger partial charge in [-0.05, 0) is 12.1 Å². The van der Waals surface area contributed by atoms with Crippen molar-refractivity contribution in [1.82, 2.24) is 4.98 Å². The van der Waals surface area contributed by atoms with Crippen LogP contribution in [0.2, 0.25) is 0 Å². The molecule has 2 N–H and O–H groups in total. The van der Waals surface area contributed by atoms with E-state index in [-0.39, 0.29) is 0 Å². The Hall–Kier alpha value is -1.20. The van der Waals surface area contributed by atoms with Crippen LogP contribution in [0.3, 0.4) is 0 Å². The fraction of sp³-hybridized carbons (Fsp3) is 0.300. The highest BCUT2D eigenvalue weighted by Gasteiger charge is 2.22. The van der Waals surface area contributed by atoms with E-state index in [1.54, 1.807) is 17.8 Å². The van der Waals surface area contributed by atoms with E-state index < -0.39 is 0 Å². The normalized spacial score (nSPS) is 16.8. The summed E-state index contributed by atoms with van der Waals surface area (Å²) in [6, 6.07) is 5.49. The average Bonchev–Trinajstić information content (AvgIpc) is 2.53. The van der Waals surface area contributed by atoms with Gasteiger partial charge < -0.3 is 14.9 Å². The largest absolute Gasteiger partial charge is 0.431 e. The standard InChI is InChI=1S/C10H10N2O2S/c11-6-1-2-8-9(3-6)14-10(12-8)15-7-4-13-5-7/h1-3,7H,4-5,11H2. The fourth-order valence-corrected chi connectivity index (χ4v) is 2.30. The second-order valence-electron chi connectivity index (χ2n) is 3.48. The Balaban J connectivity index is 1.91. The molecule has 2 heterocycles. The van der Waals surface area contributed by atoms with Gasteiger partial charge in [-0.3, -0.25) is 0 Å². The molecule has 78 valence electrons. The Morgan fingerprint density at radius 3 is 3.00 bits per heavy atom. The zero-order chi connectivity index (χ0) is 10.3. The summed E-state index contributed by atoms with van der Waals surface area (Å²) in [4.78, 5) is 4.36. The molecule has 1 aliphatic heterocycles. The van der Waals surface area contributed by atoms with Gasteiger partial charge in [0.25, 0.3) is 5.22 Å². The minimum absolute atomic E-state index is 0.482. The van der Waals surface area contributed by atoms with E-state index in [1.165, 1.54) is 0 Å². The maximum atomic E-state index is 5.66. The molecule has 1 aliphatic rings. The van der Waals surface area contributed by atoms with E-state index in [0.29, 0.717) is 16.2 Å². The number of rotatable bonds is 2. The lowest BCUT2D eigenvalue weighted by Gasteiger charge is -2.23. The molecule has 0 radical (unpaired) electrons. The molecule has 1 aromatic carbocycles. The smallest absolute Gasteiger partial charge is 0.257 e. The van der Waals surface area contributed by atoms with Crippen molar-refractivity contribution in [2.24, 2.45) is 0 Å². The number of nitrogens with two attached hydrogens (primary N) is 1. The van der Waals surface area contributed by atoms with Crippen LogP contribution in [0.15, 0.2) is 27.8 Å². The summed E-state index contributed by atoms with van der Waals surface area (Å²) >= 11 is 1.62. The number of nitrogen functional groups attached to an aromatic ring is 1. The van der Waals surface area contributed by atoms with Gasteiger partial charge in [0.05, 0.1) is 18.5 Å². The molecule has 0 saturated carbocycles. The average molecular weight is 222 g/mol. The summed E-state index contributed by atoms with van der Waals surface area (Å²) in [6.45, 7) is 1.57. The number of hydrogen-bond acceptors (Lipinski definition) is 5. The van der Waals surface area contributed by atoms with E-state index in [0.717, 1.165) is 24.3 Å². The lowest BCUT2D eigenvalue weighted by Crippen LogP contribution is -2.30. The van der Waals surface area contributed by atoms with Crippen molar-refractivity contribution in [1.29, 1.82) is 0 Å². The highest BCUT2D eigenvalue weighted by Crippen LogP contribution is 2.30. The molecule has 0 bridgehead atoms. The van der Waals surface area contributed by atoms with Crippen molar-refractivity contribution in [2.75, 3.05) is 18.9 Å². The van der Waals surface area contributed by atoms with Crippen molar-refractivity contribution in [2.45, 2.75) is 10.5 Å². The molecule has 15 heavy (non-hydrogen) atoms. The molecule has 0 spiro atoms. The van der Waals surface area contributed by atoms with Crippen molar-refractivity contribution < 1.29 is 9.15 Å². The van der Waals surface area contributed by atoms with Crippen molar-refractivity contribution in [3.05, 3.63) is 18.2 Å². The number of anilines is 1. The van der Waals surface area contributed by atoms with Gasteiger partial charge in [0, 0.05) is 11.8 Å². The predicted molar refractivity (Wildman–Crippen MR) is 58.9 cm³/mol. The third-order valence-corrected chi connectivity index (χ3v) is 3.25. The van der Waals surface area contributed by atoms with Crippen molar-refractivity contribution in [3.63, 3.8) is 0 Å². The van der Waals surface area contributed by atoms with Crippen LogP contribution in [-0.4, -0.2) is 23.4 Å². The van der Waals surface area contributed by atoms with Gasteiger partial charge in [-0.15, -0.1) is 0 Å². The summed E-state index contributed by atoms with van der Waals surface area (Å²) in [5.41, 5.74) is 7.96. The first-order chi connectivity index (χ1) is 7.31. The molecule has 1 saturated heterocycles. The Labute approximate surface area is 90.8 Å². The maximum absolute atomic E-state index is 5.66. The molecule has 5 heteroatoms. The number of hydrogen-bond donors (Lipinski definition) is 1. The van der Waals surface area contributed by atoms with Gasteiger partial charge >= 0.3 is 0 Å². The number of thioether (sulfide) groups is 1. The van der Waals surface area contributed by atoms with Gasteiger partial charge in [-0.25, -0.2) is 4.98 Å². The van der Waals surface area contributed by atoms with Crippen LogP contribution in [0.25, 0.3) is 11.1 Å². The summed E-state index contributed by atoms with van der Waals surface area (Å²) in [5, 5.41) is 1.18. The topological polar surface area (TPSA) is 61.3 Å². The second kappa shape index (κ2) is 3.43. The molecule has 3 rings (SSSR count). The van der Waals surface area contributed by atoms with Gasteiger partial charge in [-0.1, -0.05) is 11.8 Å². The van der Waals surface area contributed by atoms with Gasteiger partial charge in [0.2, 0.25) is 0 Å². The molecular formula is C10H10N2O2S. The van der Waals surface area contributed by atoms with E-state index in [4.69, 9.17) is 14.9 Å². The molecule has 0 atom stereocenters. The number of aromatic nitrogens is 1. The monoisotopic (exact) mass is 222 g/mol. The molecule has 0 unspecified atom stereocenters. The van der Waals surface area contributed by atoms with Crippen LogP contribution in [-0.2, 0) is 4.74 Å². The molecule has 1 aromatic heterocycles. The number of nitrogens with zero attached hydrogens (tertiary/aromatic N) is 1.